The van der Waals surface area contributed by atoms with Crippen molar-refractivity contribution in [3.63, 3.8) is 0 Å². The summed E-state index contributed by atoms with van der Waals surface area (Å²) in [5.41, 5.74) is 1.34. The van der Waals surface area contributed by atoms with Gasteiger partial charge in [0.15, 0.2) is 5.96 Å². The Morgan fingerprint density at radius 3 is 2.69 bits per heavy atom. The lowest BCUT2D eigenvalue weighted by molar-refractivity contribution is -0.129. The van der Waals surface area contributed by atoms with Gasteiger partial charge in [0.25, 0.3) is 0 Å². The molecule has 0 aromatic heterocycles. The Kier molecular flexibility index (Phi) is 12.2. The zero-order valence-corrected chi connectivity index (χ0v) is 20.7. The average Bonchev–Trinajstić information content (AvgIpc) is 3.16. The van der Waals surface area contributed by atoms with Gasteiger partial charge in [-0.15, -0.1) is 24.0 Å². The van der Waals surface area contributed by atoms with Crippen LogP contribution in [0, 0.1) is 0 Å². The average molecular weight is 515 g/mol. The largest absolute Gasteiger partial charge is 0.357 e. The van der Waals surface area contributed by atoms with E-state index in [-0.39, 0.29) is 35.9 Å². The molecule has 0 aliphatic carbocycles. The molecule has 1 aliphatic rings. The Morgan fingerprint density at radius 2 is 2.03 bits per heavy atom. The summed E-state index contributed by atoms with van der Waals surface area (Å²) in [6.45, 7) is 10.4. The van der Waals surface area contributed by atoms with Crippen LogP contribution in [-0.4, -0.2) is 67.0 Å². The van der Waals surface area contributed by atoms with E-state index >= 15 is 0 Å². The van der Waals surface area contributed by atoms with Crippen molar-refractivity contribution in [2.45, 2.75) is 58.7 Å². The number of hydrogen-bond donors (Lipinski definition) is 2. The van der Waals surface area contributed by atoms with E-state index in [4.69, 9.17) is 4.99 Å². The first-order chi connectivity index (χ1) is 13.5. The molecule has 1 heterocycles. The number of carbonyl (C=O) groups is 1. The van der Waals surface area contributed by atoms with E-state index < -0.39 is 0 Å². The van der Waals surface area contributed by atoms with Gasteiger partial charge in [-0.1, -0.05) is 37.3 Å². The number of nitrogens with one attached hydrogen (secondary N) is 2. The van der Waals surface area contributed by atoms with Crippen molar-refractivity contribution in [2.24, 2.45) is 4.99 Å². The normalized spacial score (nSPS) is 17.8. The Morgan fingerprint density at radius 1 is 1.31 bits per heavy atom. The summed E-state index contributed by atoms with van der Waals surface area (Å²) in [5, 5.41) is 6.83. The molecular formula is C22H38IN5O. The molecule has 1 aromatic rings. The van der Waals surface area contributed by atoms with Gasteiger partial charge in [0.1, 0.15) is 0 Å². The van der Waals surface area contributed by atoms with Crippen LogP contribution in [0.4, 0.5) is 0 Å². The molecule has 2 unspecified atom stereocenters. The number of nitrogens with zero attached hydrogens (tertiary/aromatic N) is 3. The number of aliphatic imine (C=N–C) groups is 1. The highest BCUT2D eigenvalue weighted by Crippen LogP contribution is 2.11. The number of halogens is 1. The number of carbonyl (C=O) groups excluding carboxylic acids is 1. The van der Waals surface area contributed by atoms with Gasteiger partial charge in [0.05, 0.1) is 0 Å². The van der Waals surface area contributed by atoms with Crippen LogP contribution in [0.25, 0.3) is 0 Å². The SMILES string of the molecule is CCNC(=NCCC(C)N(C)Cc1ccccc1)NC1CCN(C(=O)CC)C1.I. The van der Waals surface area contributed by atoms with Gasteiger partial charge in [-0.2, -0.15) is 0 Å². The molecule has 1 saturated heterocycles. The van der Waals surface area contributed by atoms with E-state index in [1.54, 1.807) is 0 Å². The first-order valence-electron chi connectivity index (χ1n) is 10.6. The highest BCUT2D eigenvalue weighted by Gasteiger charge is 2.25. The molecule has 0 spiro atoms. The van der Waals surface area contributed by atoms with Gasteiger partial charge in [0.2, 0.25) is 5.91 Å². The van der Waals surface area contributed by atoms with Crippen LogP contribution in [0.2, 0.25) is 0 Å². The first kappa shape index (κ1) is 25.7. The number of hydrogen-bond acceptors (Lipinski definition) is 3. The predicted molar refractivity (Wildman–Crippen MR) is 132 cm³/mol. The molecular weight excluding hydrogens is 477 g/mol. The second-order valence-corrected chi connectivity index (χ2v) is 7.62. The van der Waals surface area contributed by atoms with E-state index in [0.717, 1.165) is 51.5 Å². The number of amides is 1. The van der Waals surface area contributed by atoms with Gasteiger partial charge in [-0.3, -0.25) is 14.7 Å². The van der Waals surface area contributed by atoms with Crippen LogP contribution in [0.5, 0.6) is 0 Å². The van der Waals surface area contributed by atoms with Gasteiger partial charge >= 0.3 is 0 Å². The highest BCUT2D eigenvalue weighted by atomic mass is 127. The van der Waals surface area contributed by atoms with E-state index in [1.807, 2.05) is 11.8 Å². The minimum absolute atomic E-state index is 0. The van der Waals surface area contributed by atoms with Gasteiger partial charge < -0.3 is 15.5 Å². The Labute approximate surface area is 193 Å². The third kappa shape index (κ3) is 8.90. The molecule has 1 aliphatic heterocycles. The van der Waals surface area contributed by atoms with Crippen LogP contribution >= 0.6 is 24.0 Å². The van der Waals surface area contributed by atoms with Crippen molar-refractivity contribution >= 4 is 35.8 Å². The maximum absolute atomic E-state index is 11.9. The fraction of sp³-hybridized carbons (Fsp3) is 0.636. The molecule has 7 heteroatoms. The molecule has 1 fully saturated rings. The maximum Gasteiger partial charge on any atom is 0.222 e. The maximum atomic E-state index is 11.9. The second-order valence-electron chi connectivity index (χ2n) is 7.62. The van der Waals surface area contributed by atoms with Crippen molar-refractivity contribution in [1.82, 2.24) is 20.4 Å². The zero-order chi connectivity index (χ0) is 20.4. The molecule has 2 N–H and O–H groups in total. The minimum Gasteiger partial charge on any atom is -0.357 e. The summed E-state index contributed by atoms with van der Waals surface area (Å²) >= 11 is 0. The molecule has 2 atom stereocenters. The van der Waals surface area contributed by atoms with Crippen molar-refractivity contribution in [2.75, 3.05) is 33.2 Å². The standard InChI is InChI=1S/C22H37N5O.HI/c1-5-21(28)27-15-13-20(17-27)25-22(23-6-2)24-14-12-18(3)26(4)16-19-10-8-7-9-11-19;/h7-11,18,20H,5-6,12-17H2,1-4H3,(H2,23,24,25);1H. The molecule has 6 nitrogen and oxygen atoms in total. The number of guanidine groups is 1. The topological polar surface area (TPSA) is 60.0 Å². The van der Waals surface area contributed by atoms with Crippen LogP contribution < -0.4 is 10.6 Å². The summed E-state index contributed by atoms with van der Waals surface area (Å²) in [4.78, 5) is 20.9. The monoisotopic (exact) mass is 515 g/mol. The van der Waals surface area contributed by atoms with Gasteiger partial charge in [-0.25, -0.2) is 0 Å². The van der Waals surface area contributed by atoms with Crippen molar-refractivity contribution in [3.05, 3.63) is 35.9 Å². The fourth-order valence-electron chi connectivity index (χ4n) is 3.45. The van der Waals surface area contributed by atoms with Crippen molar-refractivity contribution in [3.8, 4) is 0 Å². The first-order valence-corrected chi connectivity index (χ1v) is 10.6. The Balaban J connectivity index is 0.00000420. The highest BCUT2D eigenvalue weighted by molar-refractivity contribution is 14.0. The van der Waals surface area contributed by atoms with Gasteiger partial charge in [-0.05, 0) is 39.3 Å². The molecule has 1 aromatic carbocycles. The van der Waals surface area contributed by atoms with Crippen LogP contribution in [0.1, 0.15) is 45.6 Å². The number of rotatable bonds is 9. The van der Waals surface area contributed by atoms with Crippen molar-refractivity contribution < 1.29 is 4.79 Å². The summed E-state index contributed by atoms with van der Waals surface area (Å²) < 4.78 is 0. The van der Waals surface area contributed by atoms with Crippen LogP contribution in [0.15, 0.2) is 35.3 Å². The Hall–Kier alpha value is -1.35. The van der Waals surface area contributed by atoms with Crippen LogP contribution in [0.3, 0.4) is 0 Å². The lowest BCUT2D eigenvalue weighted by atomic mass is 10.1. The molecule has 1 amide bonds. The number of benzene rings is 1. The molecule has 0 saturated carbocycles. The summed E-state index contributed by atoms with van der Waals surface area (Å²) in [5.74, 6) is 1.10. The van der Waals surface area contributed by atoms with Gasteiger partial charge in [0, 0.05) is 51.2 Å². The predicted octanol–water partition coefficient (Wildman–Crippen LogP) is 3.08. The fourth-order valence-corrected chi connectivity index (χ4v) is 3.45. The molecule has 2 rings (SSSR count). The third-order valence-corrected chi connectivity index (χ3v) is 5.37. The van der Waals surface area contributed by atoms with E-state index in [2.05, 4.69) is 66.8 Å². The molecule has 0 radical (unpaired) electrons. The molecule has 164 valence electrons. The lowest BCUT2D eigenvalue weighted by Crippen LogP contribution is -2.45. The summed E-state index contributed by atoms with van der Waals surface area (Å²) in [6.07, 6.45) is 2.56. The van der Waals surface area contributed by atoms with Crippen molar-refractivity contribution in [1.29, 1.82) is 0 Å². The summed E-state index contributed by atoms with van der Waals surface area (Å²) in [6, 6.07) is 11.3. The third-order valence-electron chi connectivity index (χ3n) is 5.37. The zero-order valence-electron chi connectivity index (χ0n) is 18.4. The lowest BCUT2D eigenvalue weighted by Gasteiger charge is -2.24. The second kappa shape index (κ2) is 13.8. The molecule has 29 heavy (non-hydrogen) atoms. The Bertz CT molecular complexity index is 625. The smallest absolute Gasteiger partial charge is 0.222 e. The minimum atomic E-state index is 0. The number of likely N-dealkylation sites (tertiary alicyclic amines) is 1. The molecule has 0 bridgehead atoms. The van der Waals surface area contributed by atoms with E-state index in [9.17, 15) is 4.79 Å². The summed E-state index contributed by atoms with van der Waals surface area (Å²) in [7, 11) is 2.17. The quantitative estimate of drug-likeness (QED) is 0.302. The van der Waals surface area contributed by atoms with E-state index in [0.29, 0.717) is 12.5 Å². The van der Waals surface area contributed by atoms with Crippen LogP contribution in [-0.2, 0) is 11.3 Å². The van der Waals surface area contributed by atoms with E-state index in [1.165, 1.54) is 5.56 Å².